The van der Waals surface area contributed by atoms with Gasteiger partial charge in [0.2, 0.25) is 11.8 Å². The van der Waals surface area contributed by atoms with Gasteiger partial charge in [-0.15, -0.1) is 0 Å². The van der Waals surface area contributed by atoms with Crippen LogP contribution in [0.1, 0.15) is 23.0 Å². The minimum Gasteiger partial charge on any atom is -0.350 e. The van der Waals surface area contributed by atoms with Gasteiger partial charge in [-0.05, 0) is 23.3 Å². The van der Waals surface area contributed by atoms with Crippen LogP contribution < -0.4 is 16.0 Å². The number of carbonyl (C=O) groups excluding carboxylic acids is 3. The lowest BCUT2D eigenvalue weighted by Gasteiger charge is -2.15. The number of hydrogen-bond acceptors (Lipinski definition) is 5. The fraction of sp³-hybridized carbons (Fsp3) is 0.190. The third-order valence-corrected chi connectivity index (χ3v) is 4.31. The molecule has 1 atom stereocenters. The van der Waals surface area contributed by atoms with Crippen molar-refractivity contribution in [3.05, 3.63) is 72.3 Å². The number of nitrogens with one attached hydrogen (secondary N) is 3. The molecule has 0 fully saturated rings. The molecule has 8 nitrogen and oxygen atoms in total. The fourth-order valence-electron chi connectivity index (χ4n) is 2.81. The molecule has 1 heterocycles. The van der Waals surface area contributed by atoms with Gasteiger partial charge in [-0.25, -0.2) is 4.98 Å². The topological polar surface area (TPSA) is 113 Å². The summed E-state index contributed by atoms with van der Waals surface area (Å²) in [6.45, 7) is 1.67. The first-order valence-electron chi connectivity index (χ1n) is 9.12. The number of aromatic nitrogens is 2. The van der Waals surface area contributed by atoms with Crippen molar-refractivity contribution in [3.63, 3.8) is 0 Å². The molecule has 0 radical (unpaired) electrons. The van der Waals surface area contributed by atoms with Crippen LogP contribution in [0.4, 0.5) is 0 Å². The highest BCUT2D eigenvalue weighted by Gasteiger charge is 2.16. The van der Waals surface area contributed by atoms with Crippen LogP contribution in [0.25, 0.3) is 10.8 Å². The maximum atomic E-state index is 12.3. The Labute approximate surface area is 167 Å². The molecule has 3 amide bonds. The molecule has 3 N–H and O–H groups in total. The number of amides is 3. The monoisotopic (exact) mass is 391 g/mol. The van der Waals surface area contributed by atoms with E-state index in [0.717, 1.165) is 16.3 Å². The number of hydrogen-bond donors (Lipinski definition) is 3. The average molecular weight is 391 g/mol. The highest BCUT2D eigenvalue weighted by atomic mass is 16.2. The van der Waals surface area contributed by atoms with Gasteiger partial charge in [-0.1, -0.05) is 42.5 Å². The molecule has 0 saturated carbocycles. The minimum absolute atomic E-state index is 0.112. The Balaban J connectivity index is 1.47. The zero-order valence-corrected chi connectivity index (χ0v) is 15.9. The molecule has 0 aliphatic heterocycles. The Kier molecular flexibility index (Phi) is 6.47. The zero-order valence-electron chi connectivity index (χ0n) is 15.9. The smallest absolute Gasteiger partial charge is 0.271 e. The molecule has 1 unspecified atom stereocenters. The molecule has 0 aliphatic carbocycles. The van der Waals surface area contributed by atoms with E-state index in [2.05, 4.69) is 25.9 Å². The molecule has 3 aromatic rings. The first kappa shape index (κ1) is 19.9. The number of carbonyl (C=O) groups is 3. The van der Waals surface area contributed by atoms with Crippen molar-refractivity contribution in [2.75, 3.05) is 6.54 Å². The van der Waals surface area contributed by atoms with Crippen molar-refractivity contribution < 1.29 is 14.4 Å². The van der Waals surface area contributed by atoms with Crippen molar-refractivity contribution in [2.45, 2.75) is 19.5 Å². The lowest BCUT2D eigenvalue weighted by atomic mass is 10.0. The van der Waals surface area contributed by atoms with E-state index in [1.807, 2.05) is 42.5 Å². The van der Waals surface area contributed by atoms with Crippen LogP contribution in [0.3, 0.4) is 0 Å². The first-order valence-corrected chi connectivity index (χ1v) is 9.12. The first-order chi connectivity index (χ1) is 14.0. The lowest BCUT2D eigenvalue weighted by Crippen LogP contribution is -2.47. The minimum atomic E-state index is -0.745. The predicted molar refractivity (Wildman–Crippen MR) is 108 cm³/mol. The standard InChI is InChI=1S/C21H21N5O3/c1-14(26-19(27)13-25-21(29)18-12-22-9-10-23-18)20(28)24-11-16-7-4-6-15-5-2-3-8-17(15)16/h2-10,12,14H,11,13H2,1H3,(H,24,28)(H,25,29)(H,26,27). The predicted octanol–water partition coefficient (Wildman–Crippen LogP) is 1.18. The Morgan fingerprint density at radius 1 is 1.00 bits per heavy atom. The van der Waals surface area contributed by atoms with E-state index >= 15 is 0 Å². The van der Waals surface area contributed by atoms with Crippen LogP contribution in [0, 0.1) is 0 Å². The zero-order chi connectivity index (χ0) is 20.6. The summed E-state index contributed by atoms with van der Waals surface area (Å²) in [5.74, 6) is -1.30. The van der Waals surface area contributed by atoms with Crippen LogP contribution in [0.2, 0.25) is 0 Å². The Hall–Kier alpha value is -3.81. The normalized spacial score (nSPS) is 11.5. The highest BCUT2D eigenvalue weighted by molar-refractivity contribution is 5.95. The summed E-state index contributed by atoms with van der Waals surface area (Å²) in [6, 6.07) is 13.1. The largest absolute Gasteiger partial charge is 0.350 e. The molecule has 0 saturated heterocycles. The molecular formula is C21H21N5O3. The molecule has 0 aliphatic rings. The van der Waals surface area contributed by atoms with Gasteiger partial charge in [-0.2, -0.15) is 0 Å². The van der Waals surface area contributed by atoms with Crippen molar-refractivity contribution in [3.8, 4) is 0 Å². The maximum Gasteiger partial charge on any atom is 0.271 e. The van der Waals surface area contributed by atoms with E-state index in [0.29, 0.717) is 6.54 Å². The second kappa shape index (κ2) is 9.41. The van der Waals surface area contributed by atoms with Crippen molar-refractivity contribution >= 4 is 28.5 Å². The lowest BCUT2D eigenvalue weighted by molar-refractivity contribution is -0.128. The number of rotatable bonds is 7. The van der Waals surface area contributed by atoms with Crippen LogP contribution in [0.15, 0.2) is 61.1 Å². The van der Waals surface area contributed by atoms with E-state index < -0.39 is 17.9 Å². The van der Waals surface area contributed by atoms with Gasteiger partial charge in [0.25, 0.3) is 5.91 Å². The van der Waals surface area contributed by atoms with Crippen molar-refractivity contribution in [2.24, 2.45) is 0 Å². The van der Waals surface area contributed by atoms with Crippen LogP contribution in [-0.2, 0) is 16.1 Å². The summed E-state index contributed by atoms with van der Waals surface area (Å²) in [6.07, 6.45) is 4.13. The van der Waals surface area contributed by atoms with Gasteiger partial charge in [0, 0.05) is 18.9 Å². The number of nitrogens with zero attached hydrogens (tertiary/aromatic N) is 2. The molecule has 0 spiro atoms. The third kappa shape index (κ3) is 5.35. The third-order valence-electron chi connectivity index (χ3n) is 4.31. The van der Waals surface area contributed by atoms with E-state index in [9.17, 15) is 14.4 Å². The van der Waals surface area contributed by atoms with E-state index in [1.165, 1.54) is 18.6 Å². The Morgan fingerprint density at radius 3 is 2.59 bits per heavy atom. The van der Waals surface area contributed by atoms with Crippen LogP contribution in [0.5, 0.6) is 0 Å². The summed E-state index contributed by atoms with van der Waals surface area (Å²) >= 11 is 0. The molecule has 0 bridgehead atoms. The molecular weight excluding hydrogens is 370 g/mol. The molecule has 8 heteroatoms. The van der Waals surface area contributed by atoms with Gasteiger partial charge < -0.3 is 16.0 Å². The number of benzene rings is 2. The van der Waals surface area contributed by atoms with E-state index in [1.54, 1.807) is 6.92 Å². The summed E-state index contributed by atoms with van der Waals surface area (Å²) < 4.78 is 0. The van der Waals surface area contributed by atoms with Crippen molar-refractivity contribution in [1.29, 1.82) is 0 Å². The molecule has 2 aromatic carbocycles. The Bertz CT molecular complexity index is 1020. The second-order valence-corrected chi connectivity index (χ2v) is 6.42. The molecule has 29 heavy (non-hydrogen) atoms. The van der Waals surface area contributed by atoms with E-state index in [4.69, 9.17) is 0 Å². The summed E-state index contributed by atoms with van der Waals surface area (Å²) in [4.78, 5) is 43.8. The van der Waals surface area contributed by atoms with Gasteiger partial charge in [-0.3, -0.25) is 19.4 Å². The molecule has 1 aromatic heterocycles. The van der Waals surface area contributed by atoms with Crippen molar-refractivity contribution in [1.82, 2.24) is 25.9 Å². The second-order valence-electron chi connectivity index (χ2n) is 6.42. The van der Waals surface area contributed by atoms with Gasteiger partial charge in [0.05, 0.1) is 12.7 Å². The quantitative estimate of drug-likeness (QED) is 0.560. The van der Waals surface area contributed by atoms with Crippen LogP contribution >= 0.6 is 0 Å². The summed E-state index contributed by atoms with van der Waals surface area (Å²) in [5, 5.41) is 9.99. The fourth-order valence-corrected chi connectivity index (χ4v) is 2.81. The SMILES string of the molecule is CC(NC(=O)CNC(=O)c1cnccn1)C(=O)NCc1cccc2ccccc12. The maximum absolute atomic E-state index is 12.3. The van der Waals surface area contributed by atoms with Crippen LogP contribution in [-0.4, -0.2) is 40.3 Å². The summed E-state index contributed by atoms with van der Waals surface area (Å²) in [5.41, 5.74) is 1.10. The highest BCUT2D eigenvalue weighted by Crippen LogP contribution is 2.18. The molecule has 148 valence electrons. The summed E-state index contributed by atoms with van der Waals surface area (Å²) in [7, 11) is 0. The average Bonchev–Trinajstić information content (AvgIpc) is 2.76. The Morgan fingerprint density at radius 2 is 1.79 bits per heavy atom. The number of fused-ring (bicyclic) bond motifs is 1. The van der Waals surface area contributed by atoms with E-state index in [-0.39, 0.29) is 18.1 Å². The van der Waals surface area contributed by atoms with Gasteiger partial charge in [0.15, 0.2) is 0 Å². The van der Waals surface area contributed by atoms with Gasteiger partial charge >= 0.3 is 0 Å². The van der Waals surface area contributed by atoms with Gasteiger partial charge in [0.1, 0.15) is 11.7 Å². The molecule has 3 rings (SSSR count).